The van der Waals surface area contributed by atoms with E-state index in [0.717, 1.165) is 16.0 Å². The van der Waals surface area contributed by atoms with Gasteiger partial charge in [-0.25, -0.2) is 4.79 Å². The highest BCUT2D eigenvalue weighted by Gasteiger charge is 2.15. The lowest BCUT2D eigenvalue weighted by Crippen LogP contribution is -2.30. The minimum atomic E-state index is -0.430. The van der Waals surface area contributed by atoms with Gasteiger partial charge in [-0.3, -0.25) is 9.59 Å². The minimum absolute atomic E-state index is 0.140. The molecular weight excluding hydrogens is 472 g/mol. The van der Waals surface area contributed by atoms with Crippen molar-refractivity contribution in [1.29, 1.82) is 0 Å². The number of rotatable bonds is 10. The van der Waals surface area contributed by atoms with Crippen LogP contribution in [0.15, 0.2) is 102 Å². The van der Waals surface area contributed by atoms with Gasteiger partial charge in [-0.2, -0.15) is 0 Å². The second-order valence-electron chi connectivity index (χ2n) is 7.68. The monoisotopic (exact) mass is 500 g/mol. The molecule has 184 valence electrons. The first kappa shape index (κ1) is 26.5. The van der Waals surface area contributed by atoms with Gasteiger partial charge in [0.25, 0.3) is 11.8 Å². The van der Waals surface area contributed by atoms with Gasteiger partial charge in [0.05, 0.1) is 6.61 Å². The van der Waals surface area contributed by atoms with Crippen molar-refractivity contribution >= 4 is 41.3 Å². The zero-order valence-electron chi connectivity index (χ0n) is 20.2. The molecule has 3 rings (SSSR count). The lowest BCUT2D eigenvalue weighted by molar-refractivity contribution is -0.137. The number of nitrogens with one attached hydrogen (secondary N) is 2. The molecule has 3 aromatic rings. The summed E-state index contributed by atoms with van der Waals surface area (Å²) in [6.45, 7) is 4.06. The molecule has 0 fully saturated rings. The summed E-state index contributed by atoms with van der Waals surface area (Å²) in [6.07, 6.45) is 4.83. The van der Waals surface area contributed by atoms with E-state index in [4.69, 9.17) is 4.74 Å². The summed E-state index contributed by atoms with van der Waals surface area (Å²) in [6, 6.07) is 23.7. The number of hydrogen-bond donors (Lipinski definition) is 2. The highest BCUT2D eigenvalue weighted by atomic mass is 32.2. The topological polar surface area (TPSA) is 84.5 Å². The predicted octanol–water partition coefficient (Wildman–Crippen LogP) is 5.62. The molecule has 0 saturated heterocycles. The van der Waals surface area contributed by atoms with Crippen molar-refractivity contribution in [2.75, 3.05) is 17.7 Å². The van der Waals surface area contributed by atoms with E-state index >= 15 is 0 Å². The molecule has 0 bridgehead atoms. The van der Waals surface area contributed by atoms with Crippen molar-refractivity contribution < 1.29 is 19.1 Å². The van der Waals surface area contributed by atoms with Crippen molar-refractivity contribution in [3.05, 3.63) is 113 Å². The molecule has 7 heteroatoms. The van der Waals surface area contributed by atoms with E-state index in [2.05, 4.69) is 10.6 Å². The van der Waals surface area contributed by atoms with Crippen LogP contribution in [-0.2, 0) is 14.3 Å². The van der Waals surface area contributed by atoms with Crippen LogP contribution in [0.4, 0.5) is 5.69 Å². The number of benzene rings is 3. The predicted molar refractivity (Wildman–Crippen MR) is 145 cm³/mol. The van der Waals surface area contributed by atoms with E-state index in [1.165, 1.54) is 6.08 Å². The molecule has 0 aliphatic heterocycles. The standard InChI is InChI=1S/C29H28N2O4S/c1-3-35-27(32)14-9-19-36-25-17-15-24(16-18-25)30-29(34)26(20-23-13-8-7-10-21(23)2)31-28(33)22-11-5-4-6-12-22/h4-18,20H,3,19H2,1-2H3,(H,30,34)(H,31,33)/b14-9+,26-20-. The second-order valence-corrected chi connectivity index (χ2v) is 8.77. The molecule has 0 heterocycles. The van der Waals surface area contributed by atoms with E-state index in [1.54, 1.807) is 67.2 Å². The molecule has 36 heavy (non-hydrogen) atoms. The lowest BCUT2D eigenvalue weighted by Gasteiger charge is -2.12. The number of carbonyl (C=O) groups is 3. The van der Waals surface area contributed by atoms with Gasteiger partial charge in [0, 0.05) is 28.0 Å². The fraction of sp³-hybridized carbons (Fsp3) is 0.138. The Bertz CT molecular complexity index is 1250. The van der Waals surface area contributed by atoms with Gasteiger partial charge in [0.1, 0.15) is 5.70 Å². The summed E-state index contributed by atoms with van der Waals surface area (Å²) in [7, 11) is 0. The van der Waals surface area contributed by atoms with Crippen LogP contribution >= 0.6 is 11.8 Å². The maximum Gasteiger partial charge on any atom is 0.330 e. The number of ether oxygens (including phenoxy) is 1. The maximum absolute atomic E-state index is 13.2. The maximum atomic E-state index is 13.2. The summed E-state index contributed by atoms with van der Waals surface area (Å²) < 4.78 is 4.85. The molecule has 0 aliphatic rings. The zero-order chi connectivity index (χ0) is 25.8. The van der Waals surface area contributed by atoms with Crippen LogP contribution in [-0.4, -0.2) is 30.1 Å². The Balaban J connectivity index is 1.70. The second kappa shape index (κ2) is 13.7. The molecule has 0 aliphatic carbocycles. The smallest absolute Gasteiger partial charge is 0.330 e. The first-order valence-electron chi connectivity index (χ1n) is 11.5. The molecule has 0 aromatic heterocycles. The number of carbonyl (C=O) groups excluding carboxylic acids is 3. The number of thioether (sulfide) groups is 1. The first-order chi connectivity index (χ1) is 17.5. The third-order valence-corrected chi connectivity index (χ3v) is 5.98. The van der Waals surface area contributed by atoms with Gasteiger partial charge in [0.2, 0.25) is 0 Å². The normalized spacial score (nSPS) is 11.2. The Morgan fingerprint density at radius 2 is 1.61 bits per heavy atom. The van der Waals surface area contributed by atoms with Crippen LogP contribution in [0.2, 0.25) is 0 Å². The Morgan fingerprint density at radius 1 is 0.917 bits per heavy atom. The van der Waals surface area contributed by atoms with Crippen molar-refractivity contribution in [3.63, 3.8) is 0 Å². The Hall–Kier alpha value is -4.10. The lowest BCUT2D eigenvalue weighted by atomic mass is 10.1. The summed E-state index contributed by atoms with van der Waals surface area (Å²) in [5.74, 6) is -0.544. The number of anilines is 1. The largest absolute Gasteiger partial charge is 0.463 e. The van der Waals surface area contributed by atoms with E-state index in [0.29, 0.717) is 23.6 Å². The minimum Gasteiger partial charge on any atom is -0.463 e. The molecule has 0 radical (unpaired) electrons. The van der Waals surface area contributed by atoms with Crippen molar-refractivity contribution in [3.8, 4) is 0 Å². The number of esters is 1. The molecule has 3 aromatic carbocycles. The molecule has 0 unspecified atom stereocenters. The van der Waals surface area contributed by atoms with Crippen molar-refractivity contribution in [1.82, 2.24) is 5.32 Å². The van der Waals surface area contributed by atoms with E-state index < -0.39 is 5.91 Å². The molecule has 0 spiro atoms. The van der Waals surface area contributed by atoms with Crippen molar-refractivity contribution in [2.24, 2.45) is 0 Å². The average molecular weight is 501 g/mol. The van der Waals surface area contributed by atoms with E-state index in [-0.39, 0.29) is 17.6 Å². The summed E-state index contributed by atoms with van der Waals surface area (Å²) in [5, 5.41) is 5.61. The number of hydrogen-bond acceptors (Lipinski definition) is 5. The van der Waals surface area contributed by atoms with Gasteiger partial charge in [-0.1, -0.05) is 48.5 Å². The van der Waals surface area contributed by atoms with Gasteiger partial charge in [-0.05, 0) is 67.4 Å². The fourth-order valence-electron chi connectivity index (χ4n) is 3.16. The van der Waals surface area contributed by atoms with Gasteiger partial charge in [0.15, 0.2) is 0 Å². The first-order valence-corrected chi connectivity index (χ1v) is 12.5. The third kappa shape index (κ3) is 8.29. The highest BCUT2D eigenvalue weighted by molar-refractivity contribution is 7.99. The van der Waals surface area contributed by atoms with Crippen LogP contribution in [0.3, 0.4) is 0 Å². The van der Waals surface area contributed by atoms with E-state index in [1.807, 2.05) is 49.4 Å². The molecular formula is C29H28N2O4S. The zero-order valence-corrected chi connectivity index (χ0v) is 21.0. The van der Waals surface area contributed by atoms with E-state index in [9.17, 15) is 14.4 Å². The third-order valence-electron chi connectivity index (χ3n) is 5.02. The fourth-order valence-corrected chi connectivity index (χ4v) is 3.87. The molecule has 6 nitrogen and oxygen atoms in total. The molecule has 2 N–H and O–H groups in total. The summed E-state index contributed by atoms with van der Waals surface area (Å²) in [4.78, 5) is 38.3. The average Bonchev–Trinajstić information content (AvgIpc) is 2.89. The molecule has 0 atom stereocenters. The highest BCUT2D eigenvalue weighted by Crippen LogP contribution is 2.21. The number of amides is 2. The number of aryl methyl sites for hydroxylation is 1. The summed E-state index contributed by atoms with van der Waals surface area (Å²) >= 11 is 1.55. The van der Waals surface area contributed by atoms with Crippen LogP contribution in [0.5, 0.6) is 0 Å². The Morgan fingerprint density at radius 3 is 2.31 bits per heavy atom. The van der Waals surface area contributed by atoms with Crippen LogP contribution in [0.1, 0.15) is 28.4 Å². The SMILES string of the molecule is CCOC(=O)/C=C/CSc1ccc(NC(=O)/C(=C/c2ccccc2C)NC(=O)c2ccccc2)cc1. The van der Waals surface area contributed by atoms with Gasteiger partial charge in [-0.15, -0.1) is 11.8 Å². The van der Waals surface area contributed by atoms with Gasteiger partial charge >= 0.3 is 5.97 Å². The Kier molecular flexibility index (Phi) is 10.1. The quantitative estimate of drug-likeness (QED) is 0.215. The Labute approximate surface area is 215 Å². The van der Waals surface area contributed by atoms with Crippen LogP contribution in [0.25, 0.3) is 6.08 Å². The van der Waals surface area contributed by atoms with Gasteiger partial charge < -0.3 is 15.4 Å². The van der Waals surface area contributed by atoms with Crippen molar-refractivity contribution in [2.45, 2.75) is 18.7 Å². The van der Waals surface area contributed by atoms with Crippen LogP contribution < -0.4 is 10.6 Å². The van der Waals surface area contributed by atoms with Crippen LogP contribution in [0, 0.1) is 6.92 Å². The molecule has 2 amide bonds. The molecule has 0 saturated carbocycles. The summed E-state index contributed by atoms with van der Waals surface area (Å²) in [5.41, 5.74) is 3.00.